The van der Waals surface area contributed by atoms with E-state index >= 15 is 0 Å². The summed E-state index contributed by atoms with van der Waals surface area (Å²) in [7, 11) is 0. The number of alkyl halides is 6. The van der Waals surface area contributed by atoms with E-state index in [0.29, 0.717) is 0 Å². The predicted octanol–water partition coefficient (Wildman–Crippen LogP) is 2.74. The largest absolute Gasteiger partial charge is 0.472 e. The number of ether oxygens (including phenoxy) is 1. The van der Waals surface area contributed by atoms with Gasteiger partial charge in [-0.05, 0) is 0 Å². The van der Waals surface area contributed by atoms with Crippen molar-refractivity contribution >= 4 is 0 Å². The Morgan fingerprint density at radius 3 is 2.12 bits per heavy atom. The van der Waals surface area contributed by atoms with E-state index < -0.39 is 23.8 Å². The minimum absolute atomic E-state index is 0.329. The standard InChI is InChI=1S/C8H6F6N2O/c1-6(9,10)7(11,12)8(13,14)17-5-2-3-15-4-16-5/h2-4H,1H3. The van der Waals surface area contributed by atoms with Gasteiger partial charge < -0.3 is 4.74 Å². The van der Waals surface area contributed by atoms with E-state index in [1.165, 1.54) is 0 Å². The van der Waals surface area contributed by atoms with Crippen LogP contribution in [0.1, 0.15) is 6.92 Å². The summed E-state index contributed by atoms with van der Waals surface area (Å²) in [6.07, 6.45) is -3.71. The Morgan fingerprint density at radius 2 is 1.71 bits per heavy atom. The molecule has 96 valence electrons. The lowest BCUT2D eigenvalue weighted by Crippen LogP contribution is -2.55. The van der Waals surface area contributed by atoms with Crippen LogP contribution in [0.15, 0.2) is 18.6 Å². The molecule has 1 rings (SSSR count). The van der Waals surface area contributed by atoms with Gasteiger partial charge in [0.15, 0.2) is 0 Å². The molecule has 1 aromatic heterocycles. The molecule has 0 amide bonds. The molecule has 0 atom stereocenters. The zero-order valence-corrected chi connectivity index (χ0v) is 8.30. The van der Waals surface area contributed by atoms with Crippen molar-refractivity contribution in [1.82, 2.24) is 9.97 Å². The van der Waals surface area contributed by atoms with Crippen molar-refractivity contribution in [3.05, 3.63) is 18.6 Å². The molecule has 17 heavy (non-hydrogen) atoms. The summed E-state index contributed by atoms with van der Waals surface area (Å²) in [6, 6.07) is 0.734. The highest BCUT2D eigenvalue weighted by molar-refractivity contribution is 5.07. The number of hydrogen-bond donors (Lipinski definition) is 0. The first-order valence-corrected chi connectivity index (χ1v) is 4.16. The Kier molecular flexibility index (Phi) is 3.22. The van der Waals surface area contributed by atoms with Gasteiger partial charge in [-0.3, -0.25) is 0 Å². The average molecular weight is 260 g/mol. The van der Waals surface area contributed by atoms with Crippen LogP contribution in [0.3, 0.4) is 0 Å². The van der Waals surface area contributed by atoms with Gasteiger partial charge >= 0.3 is 18.0 Å². The van der Waals surface area contributed by atoms with E-state index in [9.17, 15) is 26.3 Å². The summed E-state index contributed by atoms with van der Waals surface area (Å²) in [5.74, 6) is -11.5. The second-order valence-corrected chi connectivity index (χ2v) is 3.13. The van der Waals surface area contributed by atoms with Crippen LogP contribution >= 0.6 is 0 Å². The molecule has 0 radical (unpaired) electrons. The molecule has 0 bridgehead atoms. The minimum atomic E-state index is -5.66. The highest BCUT2D eigenvalue weighted by atomic mass is 19.3. The molecule has 0 aliphatic heterocycles. The number of aromatic nitrogens is 2. The average Bonchev–Trinajstić information content (AvgIpc) is 2.16. The molecule has 0 aliphatic rings. The Hall–Kier alpha value is -1.54. The molecule has 0 aliphatic carbocycles. The zero-order chi connectivity index (χ0) is 13.3. The van der Waals surface area contributed by atoms with Crippen LogP contribution in [0.4, 0.5) is 26.3 Å². The molecular formula is C8H6F6N2O. The molecule has 0 spiro atoms. The Bertz CT molecular complexity index is 377. The number of rotatable bonds is 4. The predicted molar refractivity (Wildman–Crippen MR) is 43.2 cm³/mol. The first kappa shape index (κ1) is 13.5. The van der Waals surface area contributed by atoms with Crippen molar-refractivity contribution in [2.75, 3.05) is 0 Å². The summed E-state index contributed by atoms with van der Waals surface area (Å²) in [4.78, 5) is 6.38. The Labute approximate surface area is 91.4 Å². The Morgan fingerprint density at radius 1 is 1.12 bits per heavy atom. The van der Waals surface area contributed by atoms with Gasteiger partial charge in [0.1, 0.15) is 6.33 Å². The van der Waals surface area contributed by atoms with E-state index in [-0.39, 0.29) is 6.92 Å². The van der Waals surface area contributed by atoms with Crippen molar-refractivity contribution < 1.29 is 31.1 Å². The van der Waals surface area contributed by atoms with Gasteiger partial charge in [0.25, 0.3) is 0 Å². The second kappa shape index (κ2) is 4.04. The monoisotopic (exact) mass is 260 g/mol. The molecule has 0 saturated carbocycles. The highest BCUT2D eigenvalue weighted by Crippen LogP contribution is 2.45. The van der Waals surface area contributed by atoms with E-state index in [4.69, 9.17) is 0 Å². The van der Waals surface area contributed by atoms with E-state index in [2.05, 4.69) is 14.7 Å². The van der Waals surface area contributed by atoms with E-state index in [1.54, 1.807) is 0 Å². The summed E-state index contributed by atoms with van der Waals surface area (Å²) < 4.78 is 79.4. The van der Waals surface area contributed by atoms with Gasteiger partial charge in [-0.2, -0.15) is 26.3 Å². The van der Waals surface area contributed by atoms with Crippen molar-refractivity contribution in [2.45, 2.75) is 24.9 Å². The van der Waals surface area contributed by atoms with Crippen LogP contribution in [0.25, 0.3) is 0 Å². The molecule has 0 N–H and O–H groups in total. The molecule has 9 heteroatoms. The lowest BCUT2D eigenvalue weighted by atomic mass is 10.2. The fraction of sp³-hybridized carbons (Fsp3) is 0.500. The van der Waals surface area contributed by atoms with E-state index in [1.807, 2.05) is 0 Å². The topological polar surface area (TPSA) is 35.0 Å². The molecule has 0 saturated heterocycles. The fourth-order valence-electron chi connectivity index (χ4n) is 0.790. The van der Waals surface area contributed by atoms with Crippen molar-refractivity contribution in [3.63, 3.8) is 0 Å². The summed E-state index contributed by atoms with van der Waals surface area (Å²) in [5, 5.41) is 0. The van der Waals surface area contributed by atoms with Crippen LogP contribution in [-0.2, 0) is 0 Å². The van der Waals surface area contributed by atoms with Crippen LogP contribution in [0.2, 0.25) is 0 Å². The normalized spacial score (nSPS) is 13.6. The van der Waals surface area contributed by atoms with Gasteiger partial charge in [-0.15, -0.1) is 0 Å². The molecular weight excluding hydrogens is 254 g/mol. The zero-order valence-electron chi connectivity index (χ0n) is 8.30. The van der Waals surface area contributed by atoms with Gasteiger partial charge in [-0.25, -0.2) is 9.97 Å². The first-order valence-electron chi connectivity index (χ1n) is 4.16. The van der Waals surface area contributed by atoms with Gasteiger partial charge in [0, 0.05) is 19.2 Å². The summed E-state index contributed by atoms with van der Waals surface area (Å²) in [5.41, 5.74) is 0. The second-order valence-electron chi connectivity index (χ2n) is 3.13. The third-order valence-electron chi connectivity index (χ3n) is 1.70. The maximum Gasteiger partial charge on any atom is 0.472 e. The highest BCUT2D eigenvalue weighted by Gasteiger charge is 2.72. The lowest BCUT2D eigenvalue weighted by molar-refractivity contribution is -0.368. The van der Waals surface area contributed by atoms with Crippen molar-refractivity contribution in [2.24, 2.45) is 0 Å². The number of hydrogen-bond acceptors (Lipinski definition) is 3. The van der Waals surface area contributed by atoms with Gasteiger partial charge in [0.05, 0.1) is 0 Å². The van der Waals surface area contributed by atoms with Crippen LogP contribution in [0.5, 0.6) is 5.88 Å². The van der Waals surface area contributed by atoms with Crippen molar-refractivity contribution in [3.8, 4) is 5.88 Å². The van der Waals surface area contributed by atoms with Crippen LogP contribution in [0, 0.1) is 0 Å². The lowest BCUT2D eigenvalue weighted by Gasteiger charge is -2.29. The van der Waals surface area contributed by atoms with Gasteiger partial charge in [0.2, 0.25) is 5.88 Å². The van der Waals surface area contributed by atoms with Gasteiger partial charge in [-0.1, -0.05) is 0 Å². The third kappa shape index (κ3) is 2.59. The first-order chi connectivity index (χ1) is 7.58. The molecule has 1 heterocycles. The molecule has 0 fully saturated rings. The molecule has 3 nitrogen and oxygen atoms in total. The minimum Gasteiger partial charge on any atom is -0.410 e. The quantitative estimate of drug-likeness (QED) is 0.781. The molecule has 0 aromatic carbocycles. The summed E-state index contributed by atoms with van der Waals surface area (Å²) in [6.45, 7) is -0.329. The van der Waals surface area contributed by atoms with Crippen molar-refractivity contribution in [1.29, 1.82) is 0 Å². The third-order valence-corrected chi connectivity index (χ3v) is 1.70. The molecule has 1 aromatic rings. The number of nitrogens with zero attached hydrogens (tertiary/aromatic N) is 2. The van der Waals surface area contributed by atoms with Crippen LogP contribution < -0.4 is 4.74 Å². The molecule has 0 unspecified atom stereocenters. The maximum absolute atomic E-state index is 12.9. The van der Waals surface area contributed by atoms with E-state index in [0.717, 1.165) is 18.6 Å². The number of halogens is 6. The maximum atomic E-state index is 12.9. The Balaban J connectivity index is 2.96. The SMILES string of the molecule is CC(F)(F)C(F)(F)C(F)(F)Oc1ccncn1. The fourth-order valence-corrected chi connectivity index (χ4v) is 0.790. The smallest absolute Gasteiger partial charge is 0.410 e. The summed E-state index contributed by atoms with van der Waals surface area (Å²) >= 11 is 0. The van der Waals surface area contributed by atoms with Crippen LogP contribution in [-0.4, -0.2) is 27.9 Å².